The van der Waals surface area contributed by atoms with Gasteiger partial charge in [-0.2, -0.15) is 0 Å². The van der Waals surface area contributed by atoms with Crippen LogP contribution in [0.4, 0.5) is 4.79 Å². The molecule has 1 aliphatic rings. The summed E-state index contributed by atoms with van der Waals surface area (Å²) in [5.41, 5.74) is 4.92. The van der Waals surface area contributed by atoms with Crippen LogP contribution >= 0.6 is 0 Å². The van der Waals surface area contributed by atoms with Crippen molar-refractivity contribution in [1.82, 2.24) is 15.5 Å². The van der Waals surface area contributed by atoms with E-state index in [1.165, 1.54) is 19.3 Å². The second-order valence-electron chi connectivity index (χ2n) is 4.95. The highest BCUT2D eigenvalue weighted by molar-refractivity contribution is 5.96. The highest BCUT2D eigenvalue weighted by Crippen LogP contribution is 2.11. The van der Waals surface area contributed by atoms with Gasteiger partial charge in [-0.15, -0.1) is 0 Å². The minimum atomic E-state index is -0.797. The molecule has 0 aromatic rings. The van der Waals surface area contributed by atoms with Gasteiger partial charge in [-0.05, 0) is 39.8 Å². The zero-order valence-electron chi connectivity index (χ0n) is 11.2. The van der Waals surface area contributed by atoms with E-state index in [1.54, 1.807) is 6.92 Å². The molecule has 0 aromatic carbocycles. The Labute approximate surface area is 108 Å². The van der Waals surface area contributed by atoms with Gasteiger partial charge < -0.3 is 11.1 Å². The fourth-order valence-corrected chi connectivity index (χ4v) is 2.15. The SMILES string of the molecule is CC(C(=O)NC(N)=O)N(C)CCC1CCCCN1. The molecule has 2 unspecified atom stereocenters. The van der Waals surface area contributed by atoms with Gasteiger partial charge in [-0.1, -0.05) is 6.42 Å². The number of nitrogens with one attached hydrogen (secondary N) is 2. The Morgan fingerprint density at radius 1 is 1.50 bits per heavy atom. The first-order valence-corrected chi connectivity index (χ1v) is 6.54. The Balaban J connectivity index is 2.27. The summed E-state index contributed by atoms with van der Waals surface area (Å²) < 4.78 is 0. The first kappa shape index (κ1) is 14.9. The van der Waals surface area contributed by atoms with Gasteiger partial charge >= 0.3 is 6.03 Å². The number of carbonyl (C=O) groups excluding carboxylic acids is 2. The average Bonchev–Trinajstić information content (AvgIpc) is 2.35. The van der Waals surface area contributed by atoms with E-state index in [2.05, 4.69) is 10.6 Å². The normalized spacial score (nSPS) is 21.6. The number of carbonyl (C=O) groups is 2. The maximum absolute atomic E-state index is 11.6. The number of urea groups is 1. The first-order chi connectivity index (χ1) is 8.50. The van der Waals surface area contributed by atoms with Crippen LogP contribution in [0.25, 0.3) is 0 Å². The zero-order valence-corrected chi connectivity index (χ0v) is 11.2. The lowest BCUT2D eigenvalue weighted by atomic mass is 10.0. The summed E-state index contributed by atoms with van der Waals surface area (Å²) in [5.74, 6) is -0.346. The summed E-state index contributed by atoms with van der Waals surface area (Å²) in [5, 5.41) is 5.58. The van der Waals surface area contributed by atoms with Crippen molar-refractivity contribution in [1.29, 1.82) is 0 Å². The summed E-state index contributed by atoms with van der Waals surface area (Å²) in [6, 6.07) is -0.595. The molecule has 1 fully saturated rings. The number of primary amides is 1. The Kier molecular flexibility index (Phi) is 6.07. The highest BCUT2D eigenvalue weighted by Gasteiger charge is 2.20. The van der Waals surface area contributed by atoms with E-state index in [-0.39, 0.29) is 11.9 Å². The Morgan fingerprint density at radius 3 is 2.78 bits per heavy atom. The molecule has 1 heterocycles. The molecule has 0 aliphatic carbocycles. The molecule has 1 aliphatic heterocycles. The number of hydrogen-bond acceptors (Lipinski definition) is 4. The third-order valence-electron chi connectivity index (χ3n) is 3.53. The van der Waals surface area contributed by atoms with E-state index in [4.69, 9.17) is 5.73 Å². The van der Waals surface area contributed by atoms with Gasteiger partial charge in [0.15, 0.2) is 0 Å². The van der Waals surface area contributed by atoms with Crippen LogP contribution in [0.2, 0.25) is 0 Å². The van der Waals surface area contributed by atoms with Crippen LogP contribution in [-0.2, 0) is 4.79 Å². The van der Waals surface area contributed by atoms with Crippen molar-refractivity contribution in [2.45, 2.75) is 44.7 Å². The Morgan fingerprint density at radius 2 is 2.22 bits per heavy atom. The Bertz CT molecular complexity index is 290. The molecule has 0 saturated carbocycles. The van der Waals surface area contributed by atoms with Gasteiger partial charge in [0.05, 0.1) is 6.04 Å². The van der Waals surface area contributed by atoms with E-state index < -0.39 is 6.03 Å². The molecule has 3 amide bonds. The number of rotatable bonds is 5. The fraction of sp³-hybridized carbons (Fsp3) is 0.833. The molecule has 6 nitrogen and oxygen atoms in total. The number of nitrogens with two attached hydrogens (primary N) is 1. The molecule has 0 bridgehead atoms. The maximum atomic E-state index is 11.6. The van der Waals surface area contributed by atoms with Crippen molar-refractivity contribution >= 4 is 11.9 Å². The van der Waals surface area contributed by atoms with Gasteiger partial charge in [0, 0.05) is 12.6 Å². The Hall–Kier alpha value is -1.14. The molecule has 0 radical (unpaired) electrons. The van der Waals surface area contributed by atoms with Crippen molar-refractivity contribution in [2.24, 2.45) is 5.73 Å². The van der Waals surface area contributed by atoms with Crippen LogP contribution in [0, 0.1) is 0 Å². The maximum Gasteiger partial charge on any atom is 0.318 e. The number of imide groups is 1. The standard InChI is InChI=1S/C12H24N4O2/c1-9(11(17)15-12(13)18)16(2)8-6-10-5-3-4-7-14-10/h9-10,14H,3-8H2,1-2H3,(H3,13,15,17,18). The molecule has 1 saturated heterocycles. The van der Waals surface area contributed by atoms with E-state index in [0.29, 0.717) is 6.04 Å². The lowest BCUT2D eigenvalue weighted by Gasteiger charge is -2.28. The molecule has 0 spiro atoms. The molecule has 4 N–H and O–H groups in total. The monoisotopic (exact) mass is 256 g/mol. The highest BCUT2D eigenvalue weighted by atomic mass is 16.2. The molecule has 0 aromatic heterocycles. The second-order valence-corrected chi connectivity index (χ2v) is 4.95. The summed E-state index contributed by atoms with van der Waals surface area (Å²) in [6.07, 6.45) is 4.75. The van der Waals surface area contributed by atoms with Crippen molar-refractivity contribution in [3.63, 3.8) is 0 Å². The van der Waals surface area contributed by atoms with E-state index in [9.17, 15) is 9.59 Å². The lowest BCUT2D eigenvalue weighted by Crippen LogP contribution is -2.48. The fourth-order valence-electron chi connectivity index (χ4n) is 2.15. The van der Waals surface area contributed by atoms with Crippen molar-refractivity contribution in [3.8, 4) is 0 Å². The van der Waals surface area contributed by atoms with Crippen molar-refractivity contribution < 1.29 is 9.59 Å². The van der Waals surface area contributed by atoms with Crippen LogP contribution in [0.15, 0.2) is 0 Å². The quantitative estimate of drug-likeness (QED) is 0.648. The number of nitrogens with zero attached hydrogens (tertiary/aromatic N) is 1. The topological polar surface area (TPSA) is 87.5 Å². The first-order valence-electron chi connectivity index (χ1n) is 6.54. The van der Waals surface area contributed by atoms with Gasteiger partial charge in [0.2, 0.25) is 5.91 Å². The van der Waals surface area contributed by atoms with Gasteiger partial charge in [0.25, 0.3) is 0 Å². The van der Waals surface area contributed by atoms with Gasteiger partial charge in [-0.3, -0.25) is 15.0 Å². The average molecular weight is 256 g/mol. The summed E-state index contributed by atoms with van der Waals surface area (Å²) in [7, 11) is 1.88. The second kappa shape index (κ2) is 7.33. The zero-order chi connectivity index (χ0) is 13.5. The van der Waals surface area contributed by atoms with Crippen LogP contribution in [0.3, 0.4) is 0 Å². The summed E-state index contributed by atoms with van der Waals surface area (Å²) >= 11 is 0. The van der Waals surface area contributed by atoms with E-state index >= 15 is 0 Å². The largest absolute Gasteiger partial charge is 0.351 e. The van der Waals surface area contributed by atoms with Gasteiger partial charge in [0.1, 0.15) is 0 Å². The molecule has 2 atom stereocenters. The molecular formula is C12H24N4O2. The third-order valence-corrected chi connectivity index (χ3v) is 3.53. The predicted octanol–water partition coefficient (Wildman–Crippen LogP) is 0.0338. The van der Waals surface area contributed by atoms with Crippen molar-refractivity contribution in [3.05, 3.63) is 0 Å². The molecule has 104 valence electrons. The lowest BCUT2D eigenvalue weighted by molar-refractivity contribution is -0.124. The smallest absolute Gasteiger partial charge is 0.318 e. The van der Waals surface area contributed by atoms with Crippen LogP contribution < -0.4 is 16.4 Å². The molecule has 18 heavy (non-hydrogen) atoms. The van der Waals surface area contributed by atoms with Crippen molar-refractivity contribution in [2.75, 3.05) is 20.1 Å². The van der Waals surface area contributed by atoms with Crippen LogP contribution in [-0.4, -0.2) is 49.1 Å². The van der Waals surface area contributed by atoms with Crippen LogP contribution in [0.5, 0.6) is 0 Å². The molecule has 6 heteroatoms. The minimum Gasteiger partial charge on any atom is -0.351 e. The number of piperidine rings is 1. The summed E-state index contributed by atoms with van der Waals surface area (Å²) in [6.45, 7) is 3.68. The number of amides is 3. The number of likely N-dealkylation sites (N-methyl/N-ethyl adjacent to an activating group) is 1. The van der Waals surface area contributed by atoms with Gasteiger partial charge in [-0.25, -0.2) is 4.79 Å². The number of hydrogen-bond donors (Lipinski definition) is 3. The minimum absolute atomic E-state index is 0.346. The molecular weight excluding hydrogens is 232 g/mol. The summed E-state index contributed by atoms with van der Waals surface area (Å²) in [4.78, 5) is 24.1. The van der Waals surface area contributed by atoms with E-state index in [1.807, 2.05) is 11.9 Å². The predicted molar refractivity (Wildman–Crippen MR) is 70.1 cm³/mol. The van der Waals surface area contributed by atoms with E-state index in [0.717, 1.165) is 19.5 Å². The molecule has 1 rings (SSSR count). The van der Waals surface area contributed by atoms with Crippen LogP contribution in [0.1, 0.15) is 32.6 Å². The third kappa shape index (κ3) is 5.01.